The SMILES string of the molecule is CCCCCCCCCCCCCCCC(=O)OCN1CCOCC1. The quantitative estimate of drug-likeness (QED) is 0.278. The number of esters is 1. The van der Waals surface area contributed by atoms with Gasteiger partial charge in [-0.15, -0.1) is 0 Å². The zero-order valence-electron chi connectivity index (χ0n) is 16.6. The summed E-state index contributed by atoms with van der Waals surface area (Å²) < 4.78 is 10.6. The number of hydrogen-bond donors (Lipinski definition) is 0. The number of hydrogen-bond acceptors (Lipinski definition) is 4. The highest BCUT2D eigenvalue weighted by molar-refractivity contribution is 5.69. The van der Waals surface area contributed by atoms with Crippen molar-refractivity contribution >= 4 is 5.97 Å². The molecule has 1 aliphatic heterocycles. The van der Waals surface area contributed by atoms with Gasteiger partial charge in [-0.05, 0) is 6.42 Å². The first kappa shape index (κ1) is 22.4. The lowest BCUT2D eigenvalue weighted by atomic mass is 10.0. The molecule has 0 saturated carbocycles. The Kier molecular flexibility index (Phi) is 15.1. The van der Waals surface area contributed by atoms with Gasteiger partial charge < -0.3 is 9.47 Å². The highest BCUT2D eigenvalue weighted by atomic mass is 16.5. The van der Waals surface area contributed by atoms with Gasteiger partial charge in [0, 0.05) is 19.5 Å². The van der Waals surface area contributed by atoms with Gasteiger partial charge >= 0.3 is 5.97 Å². The molecule has 0 bridgehead atoms. The van der Waals surface area contributed by atoms with Gasteiger partial charge in [-0.2, -0.15) is 0 Å². The van der Waals surface area contributed by atoms with Crippen molar-refractivity contribution in [3.63, 3.8) is 0 Å². The molecule has 1 aliphatic rings. The van der Waals surface area contributed by atoms with E-state index >= 15 is 0 Å². The van der Waals surface area contributed by atoms with Crippen LogP contribution in [-0.2, 0) is 14.3 Å². The third-order valence-corrected chi connectivity index (χ3v) is 5.00. The second kappa shape index (κ2) is 16.8. The van der Waals surface area contributed by atoms with E-state index in [9.17, 15) is 4.79 Å². The molecule has 4 nitrogen and oxygen atoms in total. The van der Waals surface area contributed by atoms with E-state index in [1.165, 1.54) is 70.6 Å². The van der Waals surface area contributed by atoms with Crippen molar-refractivity contribution in [1.82, 2.24) is 4.90 Å². The van der Waals surface area contributed by atoms with E-state index in [1.54, 1.807) is 0 Å². The average molecular weight is 356 g/mol. The first-order chi connectivity index (χ1) is 12.3. The van der Waals surface area contributed by atoms with Crippen LogP contribution in [0.2, 0.25) is 0 Å². The average Bonchev–Trinajstić information content (AvgIpc) is 2.64. The van der Waals surface area contributed by atoms with Gasteiger partial charge in [-0.1, -0.05) is 84.0 Å². The van der Waals surface area contributed by atoms with Crippen molar-refractivity contribution in [3.05, 3.63) is 0 Å². The van der Waals surface area contributed by atoms with E-state index in [0.29, 0.717) is 13.2 Å². The van der Waals surface area contributed by atoms with Gasteiger partial charge in [0.15, 0.2) is 0 Å². The Hall–Kier alpha value is -0.610. The van der Waals surface area contributed by atoms with Crippen LogP contribution < -0.4 is 0 Å². The van der Waals surface area contributed by atoms with Crippen LogP contribution in [0.25, 0.3) is 0 Å². The minimum atomic E-state index is -0.0467. The Balaban J connectivity index is 1.75. The maximum atomic E-state index is 11.7. The molecule has 1 rings (SSSR count). The minimum absolute atomic E-state index is 0.0467. The number of unbranched alkanes of at least 4 members (excludes halogenated alkanes) is 12. The Labute approximate surface area is 155 Å². The smallest absolute Gasteiger partial charge is 0.307 e. The zero-order chi connectivity index (χ0) is 18.0. The van der Waals surface area contributed by atoms with E-state index in [1.807, 2.05) is 0 Å². The molecule has 1 fully saturated rings. The van der Waals surface area contributed by atoms with E-state index < -0.39 is 0 Å². The number of rotatable bonds is 16. The Bertz CT molecular complexity index is 304. The lowest BCUT2D eigenvalue weighted by Gasteiger charge is -2.25. The fourth-order valence-electron chi connectivity index (χ4n) is 3.25. The summed E-state index contributed by atoms with van der Waals surface area (Å²) >= 11 is 0. The third-order valence-electron chi connectivity index (χ3n) is 5.00. The van der Waals surface area contributed by atoms with Gasteiger partial charge in [-0.25, -0.2) is 0 Å². The maximum absolute atomic E-state index is 11.7. The first-order valence-electron chi connectivity index (χ1n) is 10.8. The Morgan fingerprint density at radius 3 is 1.80 bits per heavy atom. The summed E-state index contributed by atoms with van der Waals surface area (Å²) in [6.07, 6.45) is 17.8. The van der Waals surface area contributed by atoms with Crippen molar-refractivity contribution in [3.8, 4) is 0 Å². The van der Waals surface area contributed by atoms with E-state index in [-0.39, 0.29) is 5.97 Å². The molecular weight excluding hydrogens is 314 g/mol. The topological polar surface area (TPSA) is 38.8 Å². The molecule has 0 amide bonds. The van der Waals surface area contributed by atoms with Crippen LogP contribution >= 0.6 is 0 Å². The Morgan fingerprint density at radius 2 is 1.28 bits per heavy atom. The number of carbonyl (C=O) groups is 1. The second-order valence-electron chi connectivity index (χ2n) is 7.37. The van der Waals surface area contributed by atoms with Crippen LogP contribution in [0.1, 0.15) is 96.8 Å². The number of carbonyl (C=O) groups excluding carboxylic acids is 1. The van der Waals surface area contributed by atoms with E-state index in [0.717, 1.165) is 39.1 Å². The highest BCUT2D eigenvalue weighted by Gasteiger charge is 2.12. The third kappa shape index (κ3) is 14.3. The van der Waals surface area contributed by atoms with Gasteiger partial charge in [0.2, 0.25) is 0 Å². The van der Waals surface area contributed by atoms with Crippen molar-refractivity contribution in [2.75, 3.05) is 33.0 Å². The highest BCUT2D eigenvalue weighted by Crippen LogP contribution is 2.13. The monoisotopic (exact) mass is 355 g/mol. The molecule has 0 aliphatic carbocycles. The summed E-state index contributed by atoms with van der Waals surface area (Å²) in [7, 11) is 0. The lowest BCUT2D eigenvalue weighted by molar-refractivity contribution is -0.150. The summed E-state index contributed by atoms with van der Waals surface area (Å²) in [4.78, 5) is 13.8. The first-order valence-corrected chi connectivity index (χ1v) is 10.8. The molecule has 1 heterocycles. The standard InChI is InChI=1S/C21H41NO3/c1-2-3-4-5-6-7-8-9-10-11-12-13-14-15-21(23)25-20-22-16-18-24-19-17-22/h2-20H2,1H3. The predicted molar refractivity (Wildman–Crippen MR) is 104 cm³/mol. The minimum Gasteiger partial charge on any atom is -0.449 e. The molecule has 148 valence electrons. The normalized spacial score (nSPS) is 15.4. The molecular formula is C21H41NO3. The Morgan fingerprint density at radius 1 is 0.800 bits per heavy atom. The van der Waals surface area contributed by atoms with Crippen LogP contribution in [-0.4, -0.2) is 43.9 Å². The summed E-state index contributed by atoms with van der Waals surface area (Å²) in [6, 6.07) is 0. The fraction of sp³-hybridized carbons (Fsp3) is 0.952. The predicted octanol–water partition coefficient (Wildman–Crippen LogP) is 5.30. The van der Waals surface area contributed by atoms with Crippen LogP contribution in [0.15, 0.2) is 0 Å². The molecule has 1 saturated heterocycles. The molecule has 0 N–H and O–H groups in total. The zero-order valence-corrected chi connectivity index (χ0v) is 16.6. The van der Waals surface area contributed by atoms with Gasteiger partial charge in [0.05, 0.1) is 13.2 Å². The number of ether oxygens (including phenoxy) is 2. The summed E-state index contributed by atoms with van der Waals surface area (Å²) in [5.41, 5.74) is 0. The van der Waals surface area contributed by atoms with E-state index in [4.69, 9.17) is 9.47 Å². The molecule has 0 spiro atoms. The van der Waals surface area contributed by atoms with Crippen LogP contribution in [0.5, 0.6) is 0 Å². The number of nitrogens with zero attached hydrogens (tertiary/aromatic N) is 1. The van der Waals surface area contributed by atoms with Gasteiger partial charge in [0.1, 0.15) is 6.73 Å². The number of morpholine rings is 1. The molecule has 0 unspecified atom stereocenters. The van der Waals surface area contributed by atoms with Crippen LogP contribution in [0.3, 0.4) is 0 Å². The fourth-order valence-corrected chi connectivity index (χ4v) is 3.25. The molecule has 0 aromatic heterocycles. The summed E-state index contributed by atoms with van der Waals surface area (Å²) in [5.74, 6) is -0.0467. The molecule has 0 atom stereocenters. The van der Waals surface area contributed by atoms with Gasteiger partial charge in [-0.3, -0.25) is 9.69 Å². The summed E-state index contributed by atoms with van der Waals surface area (Å²) in [5, 5.41) is 0. The van der Waals surface area contributed by atoms with Crippen LogP contribution in [0, 0.1) is 0 Å². The van der Waals surface area contributed by atoms with Crippen molar-refractivity contribution < 1.29 is 14.3 Å². The maximum Gasteiger partial charge on any atom is 0.307 e. The van der Waals surface area contributed by atoms with Crippen molar-refractivity contribution in [1.29, 1.82) is 0 Å². The largest absolute Gasteiger partial charge is 0.449 e. The molecule has 0 aromatic carbocycles. The van der Waals surface area contributed by atoms with Gasteiger partial charge in [0.25, 0.3) is 0 Å². The van der Waals surface area contributed by atoms with Crippen molar-refractivity contribution in [2.45, 2.75) is 96.8 Å². The molecule has 4 heteroatoms. The molecule has 0 radical (unpaired) electrons. The summed E-state index contributed by atoms with van der Waals surface area (Å²) in [6.45, 7) is 5.93. The molecule has 25 heavy (non-hydrogen) atoms. The van der Waals surface area contributed by atoms with E-state index in [2.05, 4.69) is 11.8 Å². The lowest BCUT2D eigenvalue weighted by Crippen LogP contribution is -2.38. The van der Waals surface area contributed by atoms with Crippen molar-refractivity contribution in [2.24, 2.45) is 0 Å². The van der Waals surface area contributed by atoms with Crippen LogP contribution in [0.4, 0.5) is 0 Å². The second-order valence-corrected chi connectivity index (χ2v) is 7.37. The molecule has 0 aromatic rings.